The molecule has 1 aromatic rings. The molecule has 0 bridgehead atoms. The van der Waals surface area contributed by atoms with Crippen LogP contribution in [0.25, 0.3) is 0 Å². The van der Waals surface area contributed by atoms with Gasteiger partial charge < -0.3 is 14.7 Å². The van der Waals surface area contributed by atoms with Crippen LogP contribution >= 0.6 is 15.9 Å². The minimum Gasteiger partial charge on any atom is -0.485 e. The number of aliphatic hydroxyl groups is 1. The van der Waals surface area contributed by atoms with E-state index in [-0.39, 0.29) is 6.61 Å². The van der Waals surface area contributed by atoms with Gasteiger partial charge in [-0.2, -0.15) is 0 Å². The summed E-state index contributed by atoms with van der Waals surface area (Å²) in [6.07, 6.45) is 0.415. The third-order valence-corrected chi connectivity index (χ3v) is 4.25. The normalized spacial score (nSPS) is 24.3. The van der Waals surface area contributed by atoms with Gasteiger partial charge in [-0.3, -0.25) is 0 Å². The number of ether oxygens (including phenoxy) is 1. The van der Waals surface area contributed by atoms with E-state index in [0.717, 1.165) is 25.2 Å². The fourth-order valence-corrected chi connectivity index (χ4v) is 3.54. The topological polar surface area (TPSA) is 32.7 Å². The van der Waals surface area contributed by atoms with E-state index < -0.39 is 23.5 Å². The summed E-state index contributed by atoms with van der Waals surface area (Å²) in [7, 11) is 0. The molecular weight excluding hydrogens is 356 g/mol. The quantitative estimate of drug-likeness (QED) is 0.852. The van der Waals surface area contributed by atoms with Gasteiger partial charge in [0.05, 0.1) is 0 Å². The van der Waals surface area contributed by atoms with Crippen LogP contribution in [-0.2, 0) is 0 Å². The molecule has 1 aliphatic rings. The van der Waals surface area contributed by atoms with Gasteiger partial charge in [0.25, 0.3) is 0 Å². The molecule has 2 rings (SSSR count). The molecule has 0 radical (unpaired) electrons. The number of aliphatic hydroxyl groups excluding tert-OH is 1. The standard InChI is InChI=1S/C16H22BrF2NO2/c1-10-3-11(2)7-20(6-10)8-13(21)9-22-16-14(18)4-12(17)5-15(16)19/h4-5,10-11,13,21H,3,6-9H2,1-2H3/t10-,11+,13-/m1/s1. The molecule has 3 atom stereocenters. The molecule has 1 N–H and O–H groups in total. The van der Waals surface area contributed by atoms with E-state index in [9.17, 15) is 13.9 Å². The monoisotopic (exact) mass is 377 g/mol. The summed E-state index contributed by atoms with van der Waals surface area (Å²) in [4.78, 5) is 2.18. The van der Waals surface area contributed by atoms with Gasteiger partial charge in [-0.15, -0.1) is 0 Å². The molecule has 3 nitrogen and oxygen atoms in total. The molecule has 22 heavy (non-hydrogen) atoms. The van der Waals surface area contributed by atoms with Gasteiger partial charge in [0.2, 0.25) is 0 Å². The van der Waals surface area contributed by atoms with Crippen molar-refractivity contribution in [2.24, 2.45) is 11.8 Å². The molecule has 0 spiro atoms. The number of hydrogen-bond acceptors (Lipinski definition) is 3. The maximum absolute atomic E-state index is 13.6. The molecule has 0 aliphatic carbocycles. The Kier molecular flexibility index (Phi) is 6.17. The highest BCUT2D eigenvalue weighted by molar-refractivity contribution is 9.10. The van der Waals surface area contributed by atoms with Gasteiger partial charge >= 0.3 is 0 Å². The summed E-state index contributed by atoms with van der Waals surface area (Å²) in [6, 6.07) is 2.28. The largest absolute Gasteiger partial charge is 0.485 e. The van der Waals surface area contributed by atoms with Crippen LogP contribution in [0.5, 0.6) is 5.75 Å². The second kappa shape index (κ2) is 7.70. The van der Waals surface area contributed by atoms with Crippen LogP contribution in [0.1, 0.15) is 20.3 Å². The maximum Gasteiger partial charge on any atom is 0.190 e. The van der Waals surface area contributed by atoms with Gasteiger partial charge in [0.15, 0.2) is 17.4 Å². The lowest BCUT2D eigenvalue weighted by Crippen LogP contribution is -2.44. The van der Waals surface area contributed by atoms with E-state index in [4.69, 9.17) is 4.74 Å². The summed E-state index contributed by atoms with van der Waals surface area (Å²) in [5.74, 6) is -0.808. The van der Waals surface area contributed by atoms with Crippen LogP contribution in [0, 0.1) is 23.5 Å². The predicted molar refractivity (Wildman–Crippen MR) is 84.9 cm³/mol. The molecule has 0 amide bonds. The van der Waals surface area contributed by atoms with E-state index in [1.165, 1.54) is 6.42 Å². The van der Waals surface area contributed by atoms with E-state index in [0.29, 0.717) is 22.9 Å². The second-order valence-electron chi connectivity index (χ2n) is 6.33. The number of likely N-dealkylation sites (tertiary alicyclic amines) is 1. The molecule has 1 fully saturated rings. The summed E-state index contributed by atoms with van der Waals surface area (Å²) in [5, 5.41) is 10.1. The van der Waals surface area contributed by atoms with Crippen LogP contribution in [-0.4, -0.2) is 42.4 Å². The number of nitrogens with zero attached hydrogens (tertiary/aromatic N) is 1. The highest BCUT2D eigenvalue weighted by Gasteiger charge is 2.24. The number of rotatable bonds is 5. The number of β-amino-alcohol motifs (C(OH)–C–C–N with tert-alkyl or cyclic N) is 1. The van der Waals surface area contributed by atoms with Gasteiger partial charge in [0.1, 0.15) is 12.7 Å². The zero-order chi connectivity index (χ0) is 16.3. The van der Waals surface area contributed by atoms with Crippen LogP contribution in [0.4, 0.5) is 8.78 Å². The molecule has 124 valence electrons. The van der Waals surface area contributed by atoms with Gasteiger partial charge in [0, 0.05) is 24.1 Å². The van der Waals surface area contributed by atoms with Crippen molar-refractivity contribution in [3.8, 4) is 5.75 Å². The fourth-order valence-electron chi connectivity index (χ4n) is 3.14. The van der Waals surface area contributed by atoms with E-state index in [2.05, 4.69) is 34.7 Å². The van der Waals surface area contributed by atoms with Crippen molar-refractivity contribution >= 4 is 15.9 Å². The van der Waals surface area contributed by atoms with Gasteiger partial charge in [-0.25, -0.2) is 8.78 Å². The van der Waals surface area contributed by atoms with Gasteiger partial charge in [-0.05, 0) is 30.4 Å². The van der Waals surface area contributed by atoms with Crippen LogP contribution < -0.4 is 4.74 Å². The van der Waals surface area contributed by atoms with Crippen molar-refractivity contribution in [2.45, 2.75) is 26.4 Å². The third kappa shape index (κ3) is 4.89. The molecule has 1 heterocycles. The Morgan fingerprint density at radius 2 is 1.82 bits per heavy atom. The van der Waals surface area contributed by atoms with Crippen LogP contribution in [0.3, 0.4) is 0 Å². The highest BCUT2D eigenvalue weighted by Crippen LogP contribution is 2.26. The smallest absolute Gasteiger partial charge is 0.190 e. The zero-order valence-corrected chi connectivity index (χ0v) is 14.4. The fraction of sp³-hybridized carbons (Fsp3) is 0.625. The first-order valence-corrected chi connectivity index (χ1v) is 8.32. The summed E-state index contributed by atoms with van der Waals surface area (Å²) < 4.78 is 32.7. The van der Waals surface area contributed by atoms with Crippen molar-refractivity contribution in [3.05, 3.63) is 28.2 Å². The number of halogens is 3. The summed E-state index contributed by atoms with van der Waals surface area (Å²) in [5.41, 5.74) is 0. The predicted octanol–water partition coefficient (Wildman–Crippen LogP) is 3.44. The summed E-state index contributed by atoms with van der Waals surface area (Å²) in [6.45, 7) is 6.57. The highest BCUT2D eigenvalue weighted by atomic mass is 79.9. The minimum absolute atomic E-state index is 0.130. The van der Waals surface area contributed by atoms with E-state index in [1.54, 1.807) is 0 Å². The Hall–Kier alpha value is -0.720. The maximum atomic E-state index is 13.6. The Balaban J connectivity index is 1.86. The van der Waals surface area contributed by atoms with Crippen molar-refractivity contribution in [1.82, 2.24) is 4.90 Å². The molecule has 1 saturated heterocycles. The number of hydrogen-bond donors (Lipinski definition) is 1. The SMILES string of the molecule is C[C@@H]1C[C@H](C)CN(C[C@@H](O)COc2c(F)cc(Br)cc2F)C1. The van der Waals surface area contributed by atoms with Crippen LogP contribution in [0.2, 0.25) is 0 Å². The molecule has 0 aromatic heterocycles. The molecule has 0 unspecified atom stereocenters. The first-order valence-electron chi connectivity index (χ1n) is 7.53. The number of benzene rings is 1. The molecular formula is C16H22BrF2NO2. The average Bonchev–Trinajstić information content (AvgIpc) is 2.35. The van der Waals surface area contributed by atoms with Crippen molar-refractivity contribution in [1.29, 1.82) is 0 Å². The van der Waals surface area contributed by atoms with E-state index >= 15 is 0 Å². The molecule has 0 saturated carbocycles. The lowest BCUT2D eigenvalue weighted by atomic mass is 9.92. The number of piperidine rings is 1. The average molecular weight is 378 g/mol. The third-order valence-electron chi connectivity index (χ3n) is 3.80. The van der Waals surface area contributed by atoms with Crippen molar-refractivity contribution in [2.75, 3.05) is 26.2 Å². The van der Waals surface area contributed by atoms with Crippen molar-refractivity contribution in [3.63, 3.8) is 0 Å². The molecule has 1 aromatic carbocycles. The van der Waals surface area contributed by atoms with E-state index in [1.807, 2.05) is 0 Å². The first kappa shape index (κ1) is 17.6. The lowest BCUT2D eigenvalue weighted by Gasteiger charge is -2.35. The zero-order valence-electron chi connectivity index (χ0n) is 12.9. The first-order chi connectivity index (χ1) is 10.3. The molecule has 1 aliphatic heterocycles. The van der Waals surface area contributed by atoms with Gasteiger partial charge in [-0.1, -0.05) is 29.8 Å². The second-order valence-corrected chi connectivity index (χ2v) is 7.24. The Morgan fingerprint density at radius 3 is 2.36 bits per heavy atom. The van der Waals surface area contributed by atoms with Crippen LogP contribution in [0.15, 0.2) is 16.6 Å². The Morgan fingerprint density at radius 1 is 1.27 bits per heavy atom. The summed E-state index contributed by atoms with van der Waals surface area (Å²) >= 11 is 3.01. The Labute approximate surface area is 138 Å². The minimum atomic E-state index is -0.778. The van der Waals surface area contributed by atoms with Crippen molar-refractivity contribution < 1.29 is 18.6 Å². The molecule has 6 heteroatoms. The Bertz CT molecular complexity index is 482. The lowest BCUT2D eigenvalue weighted by molar-refractivity contribution is 0.0410.